The van der Waals surface area contributed by atoms with Crippen molar-refractivity contribution >= 4 is 11.8 Å². The van der Waals surface area contributed by atoms with E-state index < -0.39 is 5.97 Å². The van der Waals surface area contributed by atoms with E-state index in [2.05, 4.69) is 9.97 Å². The van der Waals surface area contributed by atoms with E-state index in [-0.39, 0.29) is 11.6 Å². The first kappa shape index (κ1) is 10.9. The summed E-state index contributed by atoms with van der Waals surface area (Å²) in [4.78, 5) is 19.5. The first-order valence-corrected chi connectivity index (χ1v) is 5.41. The van der Waals surface area contributed by atoms with E-state index >= 15 is 0 Å². The highest BCUT2D eigenvalue weighted by molar-refractivity contribution is 5.88. The average molecular weight is 221 g/mol. The molecule has 0 unspecified atom stereocenters. The van der Waals surface area contributed by atoms with Crippen molar-refractivity contribution in [2.45, 2.75) is 38.5 Å². The molecule has 1 aromatic heterocycles. The molecule has 5 nitrogen and oxygen atoms in total. The largest absolute Gasteiger partial charge is 0.476 e. The minimum atomic E-state index is -1.03. The quantitative estimate of drug-likeness (QED) is 0.811. The Bertz CT molecular complexity index is 439. The van der Waals surface area contributed by atoms with Crippen LogP contribution in [0.25, 0.3) is 0 Å². The van der Waals surface area contributed by atoms with Gasteiger partial charge in [0.05, 0.1) is 0 Å². The van der Waals surface area contributed by atoms with Gasteiger partial charge in [0.25, 0.3) is 0 Å². The number of rotatable bonds is 3. The topological polar surface area (TPSA) is 89.1 Å². The third kappa shape index (κ3) is 1.85. The monoisotopic (exact) mass is 221 g/mol. The molecule has 1 heterocycles. The zero-order chi connectivity index (χ0) is 11.9. The molecule has 3 N–H and O–H groups in total. The predicted octanol–water partition coefficient (Wildman–Crippen LogP) is 1.76. The first-order valence-electron chi connectivity index (χ1n) is 5.41. The van der Waals surface area contributed by atoms with Gasteiger partial charge in [0.1, 0.15) is 11.6 Å². The third-order valence-electron chi connectivity index (χ3n) is 2.71. The van der Waals surface area contributed by atoms with Crippen LogP contribution in [0.4, 0.5) is 5.82 Å². The van der Waals surface area contributed by atoms with Crippen molar-refractivity contribution in [1.29, 1.82) is 0 Å². The molecule has 1 fully saturated rings. The van der Waals surface area contributed by atoms with Crippen LogP contribution < -0.4 is 5.73 Å². The summed E-state index contributed by atoms with van der Waals surface area (Å²) in [7, 11) is 0. The molecule has 16 heavy (non-hydrogen) atoms. The SMILES string of the molecule is CC(C)c1c(N)nc(C2CC2)nc1C(=O)O. The predicted molar refractivity (Wildman–Crippen MR) is 59.5 cm³/mol. The highest BCUT2D eigenvalue weighted by atomic mass is 16.4. The Morgan fingerprint density at radius 1 is 1.44 bits per heavy atom. The van der Waals surface area contributed by atoms with Gasteiger partial charge >= 0.3 is 5.97 Å². The Morgan fingerprint density at radius 2 is 2.06 bits per heavy atom. The Labute approximate surface area is 93.7 Å². The number of carbonyl (C=O) groups is 1. The lowest BCUT2D eigenvalue weighted by atomic mass is 10.0. The molecule has 0 saturated heterocycles. The van der Waals surface area contributed by atoms with E-state index in [1.165, 1.54) is 0 Å². The molecule has 86 valence electrons. The number of anilines is 1. The van der Waals surface area contributed by atoms with Crippen molar-refractivity contribution in [3.63, 3.8) is 0 Å². The lowest BCUT2D eigenvalue weighted by Crippen LogP contribution is -2.14. The van der Waals surface area contributed by atoms with Crippen molar-refractivity contribution < 1.29 is 9.90 Å². The second-order valence-electron chi connectivity index (χ2n) is 4.46. The van der Waals surface area contributed by atoms with Crippen LogP contribution in [0, 0.1) is 0 Å². The number of aromatic nitrogens is 2. The van der Waals surface area contributed by atoms with Crippen LogP contribution >= 0.6 is 0 Å². The molecule has 0 aromatic carbocycles. The number of nitrogens with two attached hydrogens (primary N) is 1. The summed E-state index contributed by atoms with van der Waals surface area (Å²) in [6.45, 7) is 3.77. The van der Waals surface area contributed by atoms with Crippen molar-refractivity contribution in [3.8, 4) is 0 Å². The third-order valence-corrected chi connectivity index (χ3v) is 2.71. The fraction of sp³-hybridized carbons (Fsp3) is 0.545. The number of hydrogen-bond acceptors (Lipinski definition) is 4. The molecule has 1 aliphatic rings. The highest BCUT2D eigenvalue weighted by Crippen LogP contribution is 2.39. The number of nitrogens with zero attached hydrogens (tertiary/aromatic N) is 2. The van der Waals surface area contributed by atoms with E-state index in [9.17, 15) is 4.79 Å². The van der Waals surface area contributed by atoms with Gasteiger partial charge in [-0.1, -0.05) is 13.8 Å². The van der Waals surface area contributed by atoms with E-state index in [1.807, 2.05) is 13.8 Å². The lowest BCUT2D eigenvalue weighted by molar-refractivity contribution is 0.0688. The summed E-state index contributed by atoms with van der Waals surface area (Å²) in [6.07, 6.45) is 2.05. The Balaban J connectivity index is 2.55. The zero-order valence-electron chi connectivity index (χ0n) is 9.40. The van der Waals surface area contributed by atoms with E-state index in [1.54, 1.807) is 0 Å². The van der Waals surface area contributed by atoms with Gasteiger partial charge in [-0.2, -0.15) is 0 Å². The van der Waals surface area contributed by atoms with Gasteiger partial charge in [-0.05, 0) is 18.8 Å². The Morgan fingerprint density at radius 3 is 2.50 bits per heavy atom. The molecule has 0 bridgehead atoms. The van der Waals surface area contributed by atoms with Crippen molar-refractivity contribution in [2.75, 3.05) is 5.73 Å². The molecular formula is C11H15N3O2. The van der Waals surface area contributed by atoms with Gasteiger partial charge in [0.2, 0.25) is 0 Å². The van der Waals surface area contributed by atoms with Crippen molar-refractivity contribution in [1.82, 2.24) is 9.97 Å². The molecule has 0 radical (unpaired) electrons. The fourth-order valence-electron chi connectivity index (χ4n) is 1.76. The molecule has 2 rings (SSSR count). The Kier molecular flexibility index (Phi) is 2.53. The number of hydrogen-bond donors (Lipinski definition) is 2. The van der Waals surface area contributed by atoms with Gasteiger partial charge in [-0.3, -0.25) is 0 Å². The molecule has 0 aliphatic heterocycles. The number of carboxylic acids is 1. The lowest BCUT2D eigenvalue weighted by Gasteiger charge is -2.12. The summed E-state index contributed by atoms with van der Waals surface area (Å²) < 4.78 is 0. The second kappa shape index (κ2) is 3.73. The summed E-state index contributed by atoms with van der Waals surface area (Å²) in [5.41, 5.74) is 6.41. The molecular weight excluding hydrogens is 206 g/mol. The Hall–Kier alpha value is -1.65. The molecule has 1 saturated carbocycles. The van der Waals surface area contributed by atoms with Gasteiger partial charge in [0, 0.05) is 11.5 Å². The minimum absolute atomic E-state index is 0.0133. The van der Waals surface area contributed by atoms with E-state index in [4.69, 9.17) is 10.8 Å². The first-order chi connectivity index (χ1) is 7.50. The van der Waals surface area contributed by atoms with Gasteiger partial charge in [0.15, 0.2) is 5.69 Å². The van der Waals surface area contributed by atoms with Crippen LogP contribution in [-0.4, -0.2) is 21.0 Å². The molecule has 0 spiro atoms. The van der Waals surface area contributed by atoms with Crippen LogP contribution in [0.2, 0.25) is 0 Å². The maximum Gasteiger partial charge on any atom is 0.355 e. The van der Waals surface area contributed by atoms with E-state index in [0.717, 1.165) is 12.8 Å². The molecule has 5 heteroatoms. The summed E-state index contributed by atoms with van der Waals surface area (Å²) in [6, 6.07) is 0. The van der Waals surface area contributed by atoms with Gasteiger partial charge in [-0.15, -0.1) is 0 Å². The highest BCUT2D eigenvalue weighted by Gasteiger charge is 2.30. The van der Waals surface area contributed by atoms with E-state index in [0.29, 0.717) is 23.1 Å². The van der Waals surface area contributed by atoms with Crippen LogP contribution in [0.5, 0.6) is 0 Å². The normalized spacial score (nSPS) is 15.4. The number of carboxylic acid groups (broad SMARTS) is 1. The minimum Gasteiger partial charge on any atom is -0.476 e. The molecule has 0 atom stereocenters. The molecule has 1 aromatic rings. The average Bonchev–Trinajstić information content (AvgIpc) is 2.98. The fourth-order valence-corrected chi connectivity index (χ4v) is 1.76. The number of nitrogen functional groups attached to an aromatic ring is 1. The smallest absolute Gasteiger partial charge is 0.355 e. The van der Waals surface area contributed by atoms with Crippen molar-refractivity contribution in [3.05, 3.63) is 17.1 Å². The summed E-state index contributed by atoms with van der Waals surface area (Å²) in [5, 5.41) is 9.12. The summed E-state index contributed by atoms with van der Waals surface area (Å²) in [5.74, 6) is 0.185. The van der Waals surface area contributed by atoms with Gasteiger partial charge < -0.3 is 10.8 Å². The molecule has 0 amide bonds. The standard InChI is InChI=1S/C11H15N3O2/c1-5(2)7-8(11(15)16)13-10(6-3-4-6)14-9(7)12/h5-6H,3-4H2,1-2H3,(H,15,16)(H2,12,13,14). The zero-order valence-corrected chi connectivity index (χ0v) is 9.40. The number of aromatic carboxylic acids is 1. The van der Waals surface area contributed by atoms with Crippen LogP contribution in [-0.2, 0) is 0 Å². The summed E-state index contributed by atoms with van der Waals surface area (Å²) >= 11 is 0. The van der Waals surface area contributed by atoms with Crippen LogP contribution in [0.1, 0.15) is 60.4 Å². The van der Waals surface area contributed by atoms with Crippen LogP contribution in [0.15, 0.2) is 0 Å². The molecule has 1 aliphatic carbocycles. The van der Waals surface area contributed by atoms with Gasteiger partial charge in [-0.25, -0.2) is 14.8 Å². The maximum atomic E-state index is 11.1. The maximum absolute atomic E-state index is 11.1. The van der Waals surface area contributed by atoms with Crippen LogP contribution in [0.3, 0.4) is 0 Å². The van der Waals surface area contributed by atoms with Crippen molar-refractivity contribution in [2.24, 2.45) is 0 Å². The second-order valence-corrected chi connectivity index (χ2v) is 4.46.